The maximum Gasteiger partial charge on any atom is 0.310 e. The zero-order chi connectivity index (χ0) is 40.5. The van der Waals surface area contributed by atoms with Crippen LogP contribution >= 0.6 is 0 Å². The largest absolute Gasteiger partial charge is 0.405 e. The summed E-state index contributed by atoms with van der Waals surface area (Å²) < 4.78 is 14.1. The molecule has 5 aliphatic heterocycles. The normalized spacial score (nSPS) is 43.0. The summed E-state index contributed by atoms with van der Waals surface area (Å²) >= 11 is 0. The molecular formula is C46H77N6O5+. The van der Waals surface area contributed by atoms with Crippen molar-refractivity contribution in [2.45, 2.75) is 186 Å². The Labute approximate surface area is 343 Å². The summed E-state index contributed by atoms with van der Waals surface area (Å²) in [6.45, 7) is 17.6. The van der Waals surface area contributed by atoms with E-state index in [-0.39, 0.29) is 54.7 Å². The number of fused-ring (bicyclic) bond motifs is 8. The molecule has 6 aliphatic rings. The van der Waals surface area contributed by atoms with Crippen molar-refractivity contribution in [3.8, 4) is 0 Å². The molecule has 6 heterocycles. The predicted octanol–water partition coefficient (Wildman–Crippen LogP) is 4.68. The lowest BCUT2D eigenvalue weighted by Crippen LogP contribution is -2.49. The van der Waals surface area contributed by atoms with E-state index in [1.807, 2.05) is 0 Å². The van der Waals surface area contributed by atoms with Crippen LogP contribution in [0.5, 0.6) is 0 Å². The van der Waals surface area contributed by atoms with E-state index < -0.39 is 5.91 Å². The van der Waals surface area contributed by atoms with Gasteiger partial charge in [-0.25, -0.2) is 0 Å². The molecule has 5 saturated heterocycles. The third kappa shape index (κ3) is 9.00. The molecule has 19 atom stereocenters. The second kappa shape index (κ2) is 18.6. The monoisotopic (exact) mass is 794 g/mol. The number of aliphatic hydroxyl groups excluding tert-OH is 1. The van der Waals surface area contributed by atoms with E-state index in [1.54, 1.807) is 29.1 Å². The third-order valence-corrected chi connectivity index (χ3v) is 16.6. The Morgan fingerprint density at radius 1 is 0.842 bits per heavy atom. The van der Waals surface area contributed by atoms with Crippen molar-refractivity contribution in [1.29, 1.82) is 0 Å². The van der Waals surface area contributed by atoms with E-state index in [1.165, 1.54) is 25.7 Å². The Kier molecular flexibility index (Phi) is 14.0. The van der Waals surface area contributed by atoms with Gasteiger partial charge in [-0.2, -0.15) is 4.57 Å². The van der Waals surface area contributed by atoms with Crippen LogP contribution in [0, 0.1) is 53.3 Å². The van der Waals surface area contributed by atoms with Crippen LogP contribution in [0.15, 0.2) is 24.5 Å². The number of carbonyl (C=O) groups excluding carboxylic acids is 2. The van der Waals surface area contributed by atoms with Crippen molar-refractivity contribution in [2.75, 3.05) is 6.61 Å². The molecule has 0 radical (unpaired) electrons. The molecule has 1 aromatic heterocycles. The van der Waals surface area contributed by atoms with Gasteiger partial charge in [-0.05, 0) is 92.9 Å². The van der Waals surface area contributed by atoms with E-state index in [0.717, 1.165) is 45.1 Å². The number of unbranched alkanes of at least 4 members (excludes halogenated alkanes) is 3. The summed E-state index contributed by atoms with van der Waals surface area (Å²) in [4.78, 5) is 25.0. The van der Waals surface area contributed by atoms with Gasteiger partial charge in [0.15, 0.2) is 12.4 Å². The van der Waals surface area contributed by atoms with Gasteiger partial charge in [0, 0.05) is 79.3 Å². The molecule has 57 heavy (non-hydrogen) atoms. The van der Waals surface area contributed by atoms with Gasteiger partial charge in [-0.15, -0.1) is 0 Å². The van der Waals surface area contributed by atoms with Gasteiger partial charge >= 0.3 is 5.97 Å². The average molecular weight is 794 g/mol. The zero-order valence-corrected chi connectivity index (χ0v) is 36.1. The molecule has 1 aromatic rings. The Hall–Kier alpha value is -2.15. The van der Waals surface area contributed by atoms with Gasteiger partial charge in [-0.3, -0.25) is 9.59 Å². The summed E-state index contributed by atoms with van der Waals surface area (Å²) in [5, 5.41) is 28.7. The number of primary amides is 1. The minimum absolute atomic E-state index is 0.0368. The minimum Gasteiger partial charge on any atom is -0.405 e. The van der Waals surface area contributed by atoms with E-state index in [2.05, 4.69) is 69.7 Å². The third-order valence-electron chi connectivity index (χ3n) is 16.6. The fourth-order valence-electron chi connectivity index (χ4n) is 13.5. The van der Waals surface area contributed by atoms with E-state index in [4.69, 9.17) is 15.2 Å². The van der Waals surface area contributed by atoms with Crippen LogP contribution in [-0.4, -0.2) is 84.1 Å². The number of hydrogen-bond donors (Lipinski definition) is 6. The van der Waals surface area contributed by atoms with E-state index >= 15 is 0 Å². The number of nitrogens with zero attached hydrogens (tertiary/aromatic N) is 1. The van der Waals surface area contributed by atoms with E-state index in [9.17, 15) is 14.7 Å². The Morgan fingerprint density at radius 2 is 1.51 bits per heavy atom. The SMILES string of the molecule is CCCCCCOC(C)C1C2CC3NC(CC4NC5C(CC(O)C5C4C)C4NC(CC(N2)C1C)C(C)C4CCC(=O)OC[n+]1cccc(C(N)=O)c1)C(CC)C3C. The molecule has 8 bridgehead atoms. The lowest BCUT2D eigenvalue weighted by molar-refractivity contribution is -0.727. The average Bonchev–Trinajstić information content (AvgIpc) is 3.95. The summed E-state index contributed by atoms with van der Waals surface area (Å²) in [5.74, 6) is 2.94. The molecule has 0 aromatic carbocycles. The van der Waals surface area contributed by atoms with Gasteiger partial charge in [0.25, 0.3) is 12.6 Å². The Balaban J connectivity index is 1.13. The molecule has 0 spiro atoms. The standard InChI is InChI=1S/C46H76N6O5/c1-8-10-11-12-18-56-29(7)42-27(5)36-20-35-26(4)32(15-16-41(54)57-24-52-17-13-14-30(23-52)46(47)55)44(50-35)33-19-40(53)43-28(6)37(51-45(33)43)21-38-31(9-2)25(3)34(48-38)22-39(42)49-36/h13-14,17,23,25-29,31-40,42-45,48-51,53H,8-12,15-16,18-22,24H2,1-7H3,(H-,47,55)/p+1. The molecule has 19 unspecified atom stereocenters. The molecule has 6 fully saturated rings. The van der Waals surface area contributed by atoms with Crippen molar-refractivity contribution in [3.05, 3.63) is 30.1 Å². The molecule has 1 aliphatic carbocycles. The Bertz CT molecular complexity index is 1510. The number of aliphatic hydroxyl groups is 1. The van der Waals surface area contributed by atoms with Crippen molar-refractivity contribution in [2.24, 2.45) is 59.0 Å². The van der Waals surface area contributed by atoms with Crippen LogP contribution in [-0.2, 0) is 21.0 Å². The molecular weight excluding hydrogens is 717 g/mol. The lowest BCUT2D eigenvalue weighted by Gasteiger charge is -2.32. The number of hydrogen-bond acceptors (Lipinski definition) is 9. The van der Waals surface area contributed by atoms with Gasteiger partial charge < -0.3 is 41.6 Å². The molecule has 7 N–H and O–H groups in total. The molecule has 320 valence electrons. The van der Waals surface area contributed by atoms with Crippen LogP contribution < -0.4 is 31.6 Å². The van der Waals surface area contributed by atoms with Crippen molar-refractivity contribution >= 4 is 11.9 Å². The molecule has 1 amide bonds. The fraction of sp³-hybridized carbons (Fsp3) is 0.848. The van der Waals surface area contributed by atoms with Crippen molar-refractivity contribution < 1.29 is 28.7 Å². The molecule has 7 rings (SSSR count). The highest BCUT2D eigenvalue weighted by Gasteiger charge is 2.58. The van der Waals surface area contributed by atoms with Gasteiger partial charge in [0.1, 0.15) is 5.56 Å². The molecule has 1 saturated carbocycles. The number of rotatable bonds is 14. The number of ether oxygens (including phenoxy) is 2. The van der Waals surface area contributed by atoms with Crippen LogP contribution in [0.4, 0.5) is 0 Å². The molecule has 11 heteroatoms. The maximum absolute atomic E-state index is 13.3. The van der Waals surface area contributed by atoms with Crippen LogP contribution in [0.2, 0.25) is 0 Å². The number of nitrogens with one attached hydrogen (secondary N) is 4. The molecule has 11 nitrogen and oxygen atoms in total. The number of aromatic nitrogens is 1. The predicted molar refractivity (Wildman–Crippen MR) is 222 cm³/mol. The van der Waals surface area contributed by atoms with Crippen molar-refractivity contribution in [1.82, 2.24) is 21.3 Å². The fourth-order valence-corrected chi connectivity index (χ4v) is 13.5. The highest BCUT2D eigenvalue weighted by atomic mass is 16.5. The first-order valence-electron chi connectivity index (χ1n) is 23.2. The van der Waals surface area contributed by atoms with Gasteiger partial charge in [0.2, 0.25) is 0 Å². The summed E-state index contributed by atoms with van der Waals surface area (Å²) in [6, 6.07) is 6.17. The first-order valence-corrected chi connectivity index (χ1v) is 23.2. The van der Waals surface area contributed by atoms with Gasteiger partial charge in [-0.1, -0.05) is 67.2 Å². The Morgan fingerprint density at radius 3 is 2.26 bits per heavy atom. The number of nitrogens with two attached hydrogens (primary N) is 1. The quantitative estimate of drug-likeness (QED) is 0.0897. The van der Waals surface area contributed by atoms with Crippen LogP contribution in [0.1, 0.15) is 129 Å². The highest BCUT2D eigenvalue weighted by Crippen LogP contribution is 2.50. The number of amides is 1. The second-order valence-corrected chi connectivity index (χ2v) is 19.7. The minimum atomic E-state index is -0.513. The topological polar surface area (TPSA) is 151 Å². The number of esters is 1. The highest BCUT2D eigenvalue weighted by molar-refractivity contribution is 5.92. The van der Waals surface area contributed by atoms with E-state index in [0.29, 0.717) is 83.7 Å². The number of pyridine rings is 1. The first-order chi connectivity index (χ1) is 27.4. The summed E-state index contributed by atoms with van der Waals surface area (Å²) in [6.07, 6.45) is 14.4. The second-order valence-electron chi connectivity index (χ2n) is 19.7. The maximum atomic E-state index is 13.3. The lowest BCUT2D eigenvalue weighted by atomic mass is 9.76. The van der Waals surface area contributed by atoms with Crippen molar-refractivity contribution in [3.63, 3.8) is 0 Å². The van der Waals surface area contributed by atoms with Crippen LogP contribution in [0.25, 0.3) is 0 Å². The summed E-state index contributed by atoms with van der Waals surface area (Å²) in [7, 11) is 0. The number of carbonyl (C=O) groups is 2. The first kappa shape index (κ1) is 43.0. The zero-order valence-electron chi connectivity index (χ0n) is 36.1. The van der Waals surface area contributed by atoms with Crippen LogP contribution in [0.3, 0.4) is 0 Å². The van der Waals surface area contributed by atoms with Gasteiger partial charge in [0.05, 0.1) is 12.2 Å². The summed E-state index contributed by atoms with van der Waals surface area (Å²) in [5.41, 5.74) is 5.85. The smallest absolute Gasteiger partial charge is 0.310 e.